The summed E-state index contributed by atoms with van der Waals surface area (Å²) in [6.07, 6.45) is 4.29. The van der Waals surface area contributed by atoms with E-state index >= 15 is 0 Å². The van der Waals surface area contributed by atoms with Crippen LogP contribution in [0.5, 0.6) is 0 Å². The van der Waals surface area contributed by atoms with E-state index in [1.165, 1.54) is 18.4 Å². The summed E-state index contributed by atoms with van der Waals surface area (Å²) in [5, 5.41) is 3.47. The van der Waals surface area contributed by atoms with Gasteiger partial charge in [0.2, 0.25) is 5.91 Å². The molecule has 2 aliphatic rings. The monoisotopic (exact) mass is 343 g/mol. The molecule has 0 radical (unpaired) electrons. The molecule has 4 heteroatoms. The van der Waals surface area contributed by atoms with E-state index in [-0.39, 0.29) is 0 Å². The number of benzene rings is 1. The van der Waals surface area contributed by atoms with Crippen molar-refractivity contribution < 1.29 is 4.79 Å². The number of piperidine rings is 1. The molecule has 0 spiro atoms. The van der Waals surface area contributed by atoms with Crippen LogP contribution in [0.1, 0.15) is 38.2 Å². The number of nitrogens with zero attached hydrogens (tertiary/aromatic N) is 2. The minimum atomic E-state index is 0.324. The van der Waals surface area contributed by atoms with Gasteiger partial charge in [0, 0.05) is 39.1 Å². The molecule has 25 heavy (non-hydrogen) atoms. The van der Waals surface area contributed by atoms with Gasteiger partial charge in [-0.3, -0.25) is 9.69 Å². The summed E-state index contributed by atoms with van der Waals surface area (Å²) in [7, 11) is 2.00. The van der Waals surface area contributed by atoms with Gasteiger partial charge >= 0.3 is 0 Å². The van der Waals surface area contributed by atoms with Crippen LogP contribution >= 0.6 is 0 Å². The Morgan fingerprint density at radius 2 is 2.12 bits per heavy atom. The molecule has 2 fully saturated rings. The molecule has 2 saturated heterocycles. The molecule has 3 atom stereocenters. The number of hydrogen-bond acceptors (Lipinski definition) is 3. The van der Waals surface area contributed by atoms with Crippen molar-refractivity contribution in [2.24, 2.45) is 11.8 Å². The number of rotatable bonds is 6. The largest absolute Gasteiger partial charge is 0.341 e. The average molecular weight is 344 g/mol. The van der Waals surface area contributed by atoms with Gasteiger partial charge in [-0.05, 0) is 49.8 Å². The number of nitrogens with one attached hydrogen (secondary N) is 1. The Balaban J connectivity index is 1.46. The highest BCUT2D eigenvalue weighted by molar-refractivity contribution is 5.76. The van der Waals surface area contributed by atoms with Gasteiger partial charge in [0.25, 0.3) is 0 Å². The number of carbonyl (C=O) groups is 1. The zero-order valence-electron chi connectivity index (χ0n) is 15.8. The molecule has 1 aromatic rings. The Morgan fingerprint density at radius 3 is 2.84 bits per heavy atom. The van der Waals surface area contributed by atoms with E-state index < -0.39 is 0 Å². The predicted molar refractivity (Wildman–Crippen MR) is 102 cm³/mol. The van der Waals surface area contributed by atoms with Crippen molar-refractivity contribution in [1.82, 2.24) is 15.1 Å². The molecule has 1 aromatic carbocycles. The molecule has 138 valence electrons. The van der Waals surface area contributed by atoms with Gasteiger partial charge in [0.05, 0.1) is 0 Å². The first-order valence-corrected chi connectivity index (χ1v) is 9.86. The van der Waals surface area contributed by atoms with Crippen molar-refractivity contribution in [2.45, 2.75) is 45.2 Å². The van der Waals surface area contributed by atoms with Gasteiger partial charge in [0.15, 0.2) is 0 Å². The van der Waals surface area contributed by atoms with Crippen LogP contribution in [-0.2, 0) is 11.3 Å². The molecule has 3 rings (SSSR count). The lowest BCUT2D eigenvalue weighted by Gasteiger charge is -2.31. The fourth-order valence-electron chi connectivity index (χ4n) is 4.27. The summed E-state index contributed by atoms with van der Waals surface area (Å²) in [6.45, 7) is 7.53. The molecular weight excluding hydrogens is 310 g/mol. The van der Waals surface area contributed by atoms with Gasteiger partial charge in [-0.2, -0.15) is 0 Å². The molecule has 0 bridgehead atoms. The molecule has 1 amide bonds. The first kappa shape index (κ1) is 18.4. The van der Waals surface area contributed by atoms with Crippen molar-refractivity contribution in [3.8, 4) is 0 Å². The van der Waals surface area contributed by atoms with Crippen LogP contribution in [0, 0.1) is 11.8 Å². The molecule has 0 saturated carbocycles. The predicted octanol–water partition coefficient (Wildman–Crippen LogP) is 2.75. The Bertz CT molecular complexity index is 541. The van der Waals surface area contributed by atoms with Crippen LogP contribution in [-0.4, -0.2) is 55.0 Å². The van der Waals surface area contributed by atoms with Gasteiger partial charge in [-0.25, -0.2) is 0 Å². The summed E-state index contributed by atoms with van der Waals surface area (Å²) in [4.78, 5) is 17.2. The maximum atomic E-state index is 12.7. The maximum absolute atomic E-state index is 12.7. The van der Waals surface area contributed by atoms with E-state index in [4.69, 9.17) is 0 Å². The molecule has 4 nitrogen and oxygen atoms in total. The molecule has 2 heterocycles. The second kappa shape index (κ2) is 8.81. The number of carbonyl (C=O) groups excluding carboxylic acids is 1. The quantitative estimate of drug-likeness (QED) is 0.863. The van der Waals surface area contributed by atoms with Crippen molar-refractivity contribution in [3.05, 3.63) is 35.9 Å². The summed E-state index contributed by atoms with van der Waals surface area (Å²) in [5.41, 5.74) is 1.36. The first-order chi connectivity index (χ1) is 12.1. The summed E-state index contributed by atoms with van der Waals surface area (Å²) in [5.74, 6) is 1.46. The van der Waals surface area contributed by atoms with E-state index in [1.807, 2.05) is 11.9 Å². The molecule has 0 aromatic heterocycles. The Labute approximate surface area is 152 Å². The van der Waals surface area contributed by atoms with E-state index in [0.29, 0.717) is 30.2 Å². The third kappa shape index (κ3) is 5.05. The van der Waals surface area contributed by atoms with Crippen LogP contribution in [0.2, 0.25) is 0 Å². The minimum absolute atomic E-state index is 0.324. The standard InChI is InChI=1S/C21H33N3O/c1-17(19-9-6-11-22-14-19)13-21(25)23(2)20-10-12-24(16-20)15-18-7-4-3-5-8-18/h3-5,7-8,17,19-20,22H,6,9-16H2,1-2H3. The smallest absolute Gasteiger partial charge is 0.222 e. The van der Waals surface area contributed by atoms with Crippen LogP contribution < -0.4 is 5.32 Å². The highest BCUT2D eigenvalue weighted by Crippen LogP contribution is 2.24. The van der Waals surface area contributed by atoms with Gasteiger partial charge in [-0.1, -0.05) is 37.3 Å². The highest BCUT2D eigenvalue weighted by Gasteiger charge is 2.30. The van der Waals surface area contributed by atoms with Crippen LogP contribution in [0.15, 0.2) is 30.3 Å². The van der Waals surface area contributed by atoms with Gasteiger partial charge < -0.3 is 10.2 Å². The molecule has 3 unspecified atom stereocenters. The maximum Gasteiger partial charge on any atom is 0.222 e. The number of likely N-dealkylation sites (tertiary alicyclic amines) is 1. The van der Waals surface area contributed by atoms with Crippen LogP contribution in [0.4, 0.5) is 0 Å². The zero-order valence-corrected chi connectivity index (χ0v) is 15.8. The lowest BCUT2D eigenvalue weighted by atomic mass is 9.85. The summed E-state index contributed by atoms with van der Waals surface area (Å²) < 4.78 is 0. The zero-order chi connectivity index (χ0) is 17.6. The van der Waals surface area contributed by atoms with Crippen molar-refractivity contribution in [3.63, 3.8) is 0 Å². The first-order valence-electron chi connectivity index (χ1n) is 9.86. The lowest BCUT2D eigenvalue weighted by molar-refractivity contribution is -0.133. The number of amides is 1. The topological polar surface area (TPSA) is 35.6 Å². The SMILES string of the molecule is CC(CC(=O)N(C)C1CCN(Cc2ccccc2)C1)C1CCCNC1. The fraction of sp³-hybridized carbons (Fsp3) is 0.667. The van der Waals surface area contributed by atoms with E-state index in [2.05, 4.69) is 47.5 Å². The summed E-state index contributed by atoms with van der Waals surface area (Å²) >= 11 is 0. The second-order valence-corrected chi connectivity index (χ2v) is 7.96. The highest BCUT2D eigenvalue weighted by atomic mass is 16.2. The van der Waals surface area contributed by atoms with Crippen LogP contribution in [0.3, 0.4) is 0 Å². The fourth-order valence-corrected chi connectivity index (χ4v) is 4.27. The molecule has 0 aliphatic carbocycles. The summed E-state index contributed by atoms with van der Waals surface area (Å²) in [6, 6.07) is 11.0. The van der Waals surface area contributed by atoms with Crippen molar-refractivity contribution in [2.75, 3.05) is 33.2 Å². The Morgan fingerprint density at radius 1 is 1.32 bits per heavy atom. The average Bonchev–Trinajstić information content (AvgIpc) is 3.11. The third-order valence-corrected chi connectivity index (χ3v) is 6.07. The third-order valence-electron chi connectivity index (χ3n) is 6.07. The van der Waals surface area contributed by atoms with E-state index in [0.717, 1.165) is 39.1 Å². The molecular formula is C21H33N3O. The van der Waals surface area contributed by atoms with Gasteiger partial charge in [0.1, 0.15) is 0 Å². The normalized spacial score (nSPS) is 25.7. The Kier molecular flexibility index (Phi) is 6.49. The van der Waals surface area contributed by atoms with E-state index in [9.17, 15) is 4.79 Å². The number of hydrogen-bond donors (Lipinski definition) is 1. The minimum Gasteiger partial charge on any atom is -0.341 e. The number of likely N-dealkylation sites (N-methyl/N-ethyl adjacent to an activating group) is 1. The Hall–Kier alpha value is -1.39. The second-order valence-electron chi connectivity index (χ2n) is 7.96. The molecule has 1 N–H and O–H groups in total. The van der Waals surface area contributed by atoms with Crippen molar-refractivity contribution >= 4 is 5.91 Å². The lowest BCUT2D eigenvalue weighted by Crippen LogP contribution is -2.41. The van der Waals surface area contributed by atoms with E-state index in [1.54, 1.807) is 0 Å². The van der Waals surface area contributed by atoms with Gasteiger partial charge in [-0.15, -0.1) is 0 Å². The van der Waals surface area contributed by atoms with Crippen molar-refractivity contribution in [1.29, 1.82) is 0 Å². The van der Waals surface area contributed by atoms with Crippen LogP contribution in [0.25, 0.3) is 0 Å². The molecule has 2 aliphatic heterocycles.